The molecule has 0 bridgehead atoms. The van der Waals surface area contributed by atoms with E-state index in [-0.39, 0.29) is 17.9 Å². The predicted molar refractivity (Wildman–Crippen MR) is 173 cm³/mol. The number of methoxy groups -OCH3 is 1. The Morgan fingerprint density at radius 2 is 1.71 bits per heavy atom. The molecule has 0 spiro atoms. The second-order valence-electron chi connectivity index (χ2n) is 11.8. The summed E-state index contributed by atoms with van der Waals surface area (Å²) in [5.41, 5.74) is 5.89. The van der Waals surface area contributed by atoms with E-state index in [4.69, 9.17) is 4.74 Å². The highest BCUT2D eigenvalue weighted by atomic mass is 16.5. The molecule has 8 heteroatoms. The summed E-state index contributed by atoms with van der Waals surface area (Å²) in [6, 6.07) is 30.9. The average molecular weight is 599 g/mol. The maximum absolute atomic E-state index is 14.2. The summed E-state index contributed by atoms with van der Waals surface area (Å²) in [4.78, 5) is 47.7. The standard InChI is InChI=1S/C37H34N4O4/c1-23(15-16-24-9-4-3-5-10-24)38-35(42)25-17-19-27(20-18-25)40-36(43)32-22-30-29-13-6-7-14-31(29)39-33(30)34(41(32)37(40)44)26-11-8-12-28(21-26)45-2/h3-14,17-21,23,32,34,39H,15-16,22H2,1-2H3,(H,38,42)/t23-,32-,34-/m0/s1. The topological polar surface area (TPSA) is 94.7 Å². The lowest BCUT2D eigenvalue weighted by atomic mass is 9.89. The van der Waals surface area contributed by atoms with E-state index in [0.29, 0.717) is 23.4 Å². The number of ether oxygens (including phenoxy) is 1. The molecule has 2 aliphatic heterocycles. The number of benzene rings is 4. The summed E-state index contributed by atoms with van der Waals surface area (Å²) in [6.07, 6.45) is 2.09. The van der Waals surface area contributed by atoms with Gasteiger partial charge >= 0.3 is 6.03 Å². The van der Waals surface area contributed by atoms with Gasteiger partial charge in [-0.15, -0.1) is 0 Å². The van der Waals surface area contributed by atoms with E-state index in [2.05, 4.69) is 22.4 Å². The number of hydrogen-bond donors (Lipinski definition) is 2. The number of carbonyl (C=O) groups is 3. The van der Waals surface area contributed by atoms with Crippen LogP contribution in [-0.4, -0.2) is 46.9 Å². The molecule has 8 nitrogen and oxygen atoms in total. The van der Waals surface area contributed by atoms with Crippen LogP contribution in [0, 0.1) is 0 Å². The number of carbonyl (C=O) groups excluding carboxylic acids is 3. The summed E-state index contributed by atoms with van der Waals surface area (Å²) in [5.74, 6) is 0.197. The number of fused-ring (bicyclic) bond motifs is 4. The van der Waals surface area contributed by atoms with Gasteiger partial charge < -0.3 is 15.0 Å². The quantitative estimate of drug-likeness (QED) is 0.202. The highest BCUT2D eigenvalue weighted by Gasteiger charge is 2.53. The molecule has 3 heterocycles. The van der Waals surface area contributed by atoms with E-state index >= 15 is 0 Å². The number of para-hydroxylation sites is 1. The molecule has 0 unspecified atom stereocenters. The fourth-order valence-corrected chi connectivity index (χ4v) is 6.64. The zero-order valence-electron chi connectivity index (χ0n) is 25.2. The molecule has 4 amide bonds. The van der Waals surface area contributed by atoms with Crippen molar-refractivity contribution < 1.29 is 19.1 Å². The molecule has 3 atom stereocenters. The van der Waals surface area contributed by atoms with Crippen molar-refractivity contribution in [3.8, 4) is 5.75 Å². The number of aryl methyl sites for hydroxylation is 1. The second-order valence-corrected chi connectivity index (χ2v) is 11.8. The number of rotatable bonds is 8. The highest BCUT2D eigenvalue weighted by molar-refractivity contribution is 6.22. The largest absolute Gasteiger partial charge is 0.497 e. The molecule has 45 heavy (non-hydrogen) atoms. The van der Waals surface area contributed by atoms with Crippen molar-refractivity contribution in [3.63, 3.8) is 0 Å². The fraction of sp³-hybridized carbons (Fsp3) is 0.216. The van der Waals surface area contributed by atoms with Gasteiger partial charge in [-0.25, -0.2) is 9.69 Å². The number of nitrogens with zero attached hydrogens (tertiary/aromatic N) is 2. The first-order valence-corrected chi connectivity index (χ1v) is 15.3. The normalized spacial score (nSPS) is 18.1. The van der Waals surface area contributed by atoms with Gasteiger partial charge in [0.1, 0.15) is 17.8 Å². The Morgan fingerprint density at radius 1 is 0.956 bits per heavy atom. The molecule has 0 aliphatic carbocycles. The molecular formula is C37H34N4O4. The molecular weight excluding hydrogens is 564 g/mol. The number of imide groups is 1. The van der Waals surface area contributed by atoms with E-state index in [9.17, 15) is 14.4 Å². The maximum atomic E-state index is 14.2. The molecule has 0 saturated carbocycles. The van der Waals surface area contributed by atoms with Crippen LogP contribution in [0.5, 0.6) is 5.75 Å². The zero-order valence-corrected chi connectivity index (χ0v) is 25.2. The molecule has 226 valence electrons. The second kappa shape index (κ2) is 11.6. The molecule has 1 aromatic heterocycles. The monoisotopic (exact) mass is 598 g/mol. The van der Waals surface area contributed by atoms with E-state index in [0.717, 1.165) is 40.6 Å². The van der Waals surface area contributed by atoms with Crippen molar-refractivity contribution in [1.82, 2.24) is 15.2 Å². The van der Waals surface area contributed by atoms with Crippen molar-refractivity contribution in [2.45, 2.75) is 44.3 Å². The fourth-order valence-electron chi connectivity index (χ4n) is 6.64. The minimum Gasteiger partial charge on any atom is -0.497 e. The molecule has 2 aliphatic rings. The lowest BCUT2D eigenvalue weighted by molar-refractivity contribution is -0.120. The Bertz CT molecular complexity index is 1900. The van der Waals surface area contributed by atoms with Crippen molar-refractivity contribution in [2.75, 3.05) is 12.0 Å². The number of anilines is 1. The Labute approximate surface area is 261 Å². The minimum absolute atomic E-state index is 0.0169. The van der Waals surface area contributed by atoms with Gasteiger partial charge in [0.2, 0.25) is 0 Å². The Hall–Kier alpha value is -5.37. The van der Waals surface area contributed by atoms with E-state index in [1.807, 2.05) is 73.7 Å². The third-order valence-corrected chi connectivity index (χ3v) is 8.93. The molecule has 5 aromatic rings. The molecule has 0 radical (unpaired) electrons. The van der Waals surface area contributed by atoms with Crippen molar-refractivity contribution in [1.29, 1.82) is 0 Å². The molecule has 1 saturated heterocycles. The zero-order chi connectivity index (χ0) is 31.1. The van der Waals surface area contributed by atoms with Crippen molar-refractivity contribution >= 4 is 34.4 Å². The third-order valence-electron chi connectivity index (χ3n) is 8.93. The van der Waals surface area contributed by atoms with Crippen LogP contribution in [-0.2, 0) is 17.6 Å². The van der Waals surface area contributed by atoms with Crippen LogP contribution < -0.4 is 15.0 Å². The van der Waals surface area contributed by atoms with Crippen LogP contribution >= 0.6 is 0 Å². The van der Waals surface area contributed by atoms with Gasteiger partial charge in [0.05, 0.1) is 12.8 Å². The molecule has 7 rings (SSSR count). The Kier molecular flexibility index (Phi) is 7.33. The lowest BCUT2D eigenvalue weighted by Crippen LogP contribution is -2.44. The third kappa shape index (κ3) is 5.12. The van der Waals surface area contributed by atoms with Gasteiger partial charge in [-0.05, 0) is 78.9 Å². The molecule has 1 fully saturated rings. The maximum Gasteiger partial charge on any atom is 0.332 e. The Balaban J connectivity index is 1.15. The predicted octanol–water partition coefficient (Wildman–Crippen LogP) is 6.41. The summed E-state index contributed by atoms with van der Waals surface area (Å²) in [6.45, 7) is 1.99. The lowest BCUT2D eigenvalue weighted by Gasteiger charge is -2.36. The SMILES string of the molecule is COc1cccc([C@H]2c3[nH]c4ccccc4c3C[C@H]3C(=O)N(c4ccc(C(=O)N[C@@H](C)CCc5ccccc5)cc4)C(=O)N23)c1. The number of urea groups is 1. The van der Waals surface area contributed by atoms with Gasteiger partial charge in [0, 0.05) is 34.6 Å². The first-order chi connectivity index (χ1) is 21.9. The number of amides is 4. The van der Waals surface area contributed by atoms with Crippen LogP contribution in [0.4, 0.5) is 10.5 Å². The first kappa shape index (κ1) is 28.4. The van der Waals surface area contributed by atoms with Crippen LogP contribution in [0.25, 0.3) is 10.9 Å². The first-order valence-electron chi connectivity index (χ1n) is 15.3. The van der Waals surface area contributed by atoms with Crippen LogP contribution in [0.15, 0.2) is 103 Å². The van der Waals surface area contributed by atoms with Gasteiger partial charge in [-0.1, -0.05) is 60.7 Å². The van der Waals surface area contributed by atoms with Gasteiger partial charge in [0.25, 0.3) is 11.8 Å². The number of nitrogens with one attached hydrogen (secondary N) is 2. The van der Waals surface area contributed by atoms with Crippen LogP contribution in [0.3, 0.4) is 0 Å². The molecule has 2 N–H and O–H groups in total. The molecule has 4 aromatic carbocycles. The number of aromatic amines is 1. The summed E-state index contributed by atoms with van der Waals surface area (Å²) >= 11 is 0. The van der Waals surface area contributed by atoms with E-state index < -0.39 is 18.1 Å². The summed E-state index contributed by atoms with van der Waals surface area (Å²) < 4.78 is 5.51. The van der Waals surface area contributed by atoms with E-state index in [1.165, 1.54) is 10.5 Å². The smallest absolute Gasteiger partial charge is 0.332 e. The number of hydrogen-bond acceptors (Lipinski definition) is 4. The minimum atomic E-state index is -0.672. The van der Waals surface area contributed by atoms with E-state index in [1.54, 1.807) is 36.3 Å². The van der Waals surface area contributed by atoms with Crippen LogP contribution in [0.1, 0.15) is 52.1 Å². The van der Waals surface area contributed by atoms with Crippen molar-refractivity contribution in [3.05, 3.63) is 131 Å². The number of aromatic nitrogens is 1. The van der Waals surface area contributed by atoms with Crippen molar-refractivity contribution in [2.24, 2.45) is 0 Å². The highest BCUT2D eigenvalue weighted by Crippen LogP contribution is 2.45. The van der Waals surface area contributed by atoms with Crippen LogP contribution in [0.2, 0.25) is 0 Å². The van der Waals surface area contributed by atoms with Gasteiger partial charge in [0.15, 0.2) is 0 Å². The van der Waals surface area contributed by atoms with Gasteiger partial charge in [-0.3, -0.25) is 14.5 Å². The van der Waals surface area contributed by atoms with Gasteiger partial charge in [-0.2, -0.15) is 0 Å². The summed E-state index contributed by atoms with van der Waals surface area (Å²) in [7, 11) is 1.61. The number of H-pyrrole nitrogens is 1. The average Bonchev–Trinajstić information content (AvgIpc) is 3.57. The summed E-state index contributed by atoms with van der Waals surface area (Å²) in [5, 5.41) is 4.11. The Morgan fingerprint density at radius 3 is 2.49 bits per heavy atom.